The van der Waals surface area contributed by atoms with Gasteiger partial charge in [0.2, 0.25) is 5.91 Å². The number of fused-ring (bicyclic) bond motifs is 1. The van der Waals surface area contributed by atoms with Crippen LogP contribution in [0.1, 0.15) is 30.6 Å². The monoisotopic (exact) mass is 442 g/mol. The largest absolute Gasteiger partial charge is 0.379 e. The average molecular weight is 442 g/mol. The van der Waals surface area contributed by atoms with E-state index in [4.69, 9.17) is 9.84 Å². The number of anilines is 2. The van der Waals surface area contributed by atoms with E-state index in [0.717, 1.165) is 23.7 Å². The van der Waals surface area contributed by atoms with Crippen LogP contribution in [0.25, 0.3) is 11.1 Å². The van der Waals surface area contributed by atoms with Crippen LogP contribution in [0.3, 0.4) is 0 Å². The van der Waals surface area contributed by atoms with Gasteiger partial charge in [-0.15, -0.1) is 0 Å². The number of nitrogens with zero attached hydrogens (tertiary/aromatic N) is 5. The molecule has 1 fully saturated rings. The third-order valence-corrected chi connectivity index (χ3v) is 6.10. The van der Waals surface area contributed by atoms with E-state index >= 15 is 0 Å². The first kappa shape index (κ1) is 20.6. The summed E-state index contributed by atoms with van der Waals surface area (Å²) in [6.07, 6.45) is 4.81. The second-order valence-electron chi connectivity index (χ2n) is 8.27. The number of benzene rings is 1. The molecule has 5 rings (SSSR count). The van der Waals surface area contributed by atoms with Gasteiger partial charge in [-0.25, -0.2) is 8.78 Å². The summed E-state index contributed by atoms with van der Waals surface area (Å²) in [6.45, 7) is 3.71. The Morgan fingerprint density at radius 2 is 2.12 bits per heavy atom. The van der Waals surface area contributed by atoms with E-state index in [1.807, 2.05) is 4.68 Å². The summed E-state index contributed by atoms with van der Waals surface area (Å²) in [4.78, 5) is 13.7. The van der Waals surface area contributed by atoms with Crippen molar-refractivity contribution in [1.82, 2.24) is 24.5 Å². The van der Waals surface area contributed by atoms with Crippen molar-refractivity contribution >= 4 is 17.4 Å². The van der Waals surface area contributed by atoms with Crippen LogP contribution in [0, 0.1) is 11.6 Å². The van der Waals surface area contributed by atoms with E-state index in [-0.39, 0.29) is 17.6 Å². The Balaban J connectivity index is 1.55. The molecule has 1 aromatic carbocycles. The smallest absolute Gasteiger partial charge is 0.219 e. The van der Waals surface area contributed by atoms with Crippen LogP contribution in [-0.2, 0) is 29.5 Å². The number of aryl methyl sites for hydroxylation is 1. The Bertz CT molecular complexity index is 1180. The highest BCUT2D eigenvalue weighted by Crippen LogP contribution is 2.35. The molecule has 0 bridgehead atoms. The van der Waals surface area contributed by atoms with Crippen LogP contribution in [0.15, 0.2) is 24.5 Å². The molecule has 10 heteroatoms. The molecule has 0 spiro atoms. The van der Waals surface area contributed by atoms with Gasteiger partial charge in [0.15, 0.2) is 17.5 Å². The number of aromatic nitrogens is 4. The van der Waals surface area contributed by atoms with Crippen molar-refractivity contribution in [3.8, 4) is 11.1 Å². The van der Waals surface area contributed by atoms with Gasteiger partial charge in [0.25, 0.3) is 0 Å². The Labute approximate surface area is 183 Å². The Morgan fingerprint density at radius 1 is 1.28 bits per heavy atom. The molecule has 8 nitrogen and oxygen atoms in total. The quantitative estimate of drug-likeness (QED) is 0.672. The standard InChI is InChI=1S/C22H24F2N6O2/c1-13(31)29-5-3-20-17(11-29)22(27-30(20)16-4-6-32-12-16)26-19-8-14(7-18(23)21(19)24)15-9-25-28(2)10-15/h7-10,16H,3-6,11-12H2,1-2H3,(H,26,27). The fourth-order valence-corrected chi connectivity index (χ4v) is 4.38. The van der Waals surface area contributed by atoms with Crippen molar-refractivity contribution < 1.29 is 18.3 Å². The van der Waals surface area contributed by atoms with Gasteiger partial charge < -0.3 is 15.0 Å². The number of carbonyl (C=O) groups is 1. The van der Waals surface area contributed by atoms with Gasteiger partial charge in [-0.3, -0.25) is 14.2 Å². The summed E-state index contributed by atoms with van der Waals surface area (Å²) in [6, 6.07) is 2.79. The summed E-state index contributed by atoms with van der Waals surface area (Å²) in [7, 11) is 1.76. The fourth-order valence-electron chi connectivity index (χ4n) is 4.38. The van der Waals surface area contributed by atoms with Gasteiger partial charge >= 0.3 is 0 Å². The highest BCUT2D eigenvalue weighted by molar-refractivity contribution is 5.75. The molecule has 1 unspecified atom stereocenters. The molecule has 168 valence electrons. The van der Waals surface area contributed by atoms with Gasteiger partial charge in [0, 0.05) is 56.6 Å². The van der Waals surface area contributed by atoms with Crippen LogP contribution >= 0.6 is 0 Å². The fraction of sp³-hybridized carbons (Fsp3) is 0.409. The first-order valence-electron chi connectivity index (χ1n) is 10.6. The average Bonchev–Trinajstić information content (AvgIpc) is 3.51. The molecule has 1 amide bonds. The lowest BCUT2D eigenvalue weighted by Crippen LogP contribution is -2.35. The lowest BCUT2D eigenvalue weighted by molar-refractivity contribution is -0.129. The number of rotatable bonds is 4. The van der Waals surface area contributed by atoms with Crippen LogP contribution < -0.4 is 5.32 Å². The zero-order valence-electron chi connectivity index (χ0n) is 17.9. The van der Waals surface area contributed by atoms with E-state index in [9.17, 15) is 13.6 Å². The number of amides is 1. The maximum atomic E-state index is 14.8. The number of nitrogens with one attached hydrogen (secondary N) is 1. The maximum Gasteiger partial charge on any atom is 0.219 e. The highest BCUT2D eigenvalue weighted by atomic mass is 19.2. The second kappa shape index (κ2) is 8.01. The van der Waals surface area contributed by atoms with Crippen molar-refractivity contribution in [2.75, 3.05) is 25.1 Å². The van der Waals surface area contributed by atoms with Crippen LogP contribution in [-0.4, -0.2) is 50.1 Å². The van der Waals surface area contributed by atoms with Crippen molar-refractivity contribution in [2.24, 2.45) is 7.05 Å². The zero-order chi connectivity index (χ0) is 22.4. The SMILES string of the molecule is CC(=O)N1CCc2c(c(Nc3cc(-c4cnn(C)c4)cc(F)c3F)nn2C2CCOC2)C1. The van der Waals surface area contributed by atoms with Crippen molar-refractivity contribution in [3.63, 3.8) is 0 Å². The van der Waals surface area contributed by atoms with E-state index in [1.165, 1.54) is 6.92 Å². The number of carbonyl (C=O) groups excluding carboxylic acids is 1. The summed E-state index contributed by atoms with van der Waals surface area (Å²) in [5.74, 6) is -1.55. The van der Waals surface area contributed by atoms with Crippen LogP contribution in [0.5, 0.6) is 0 Å². The van der Waals surface area contributed by atoms with Crippen molar-refractivity contribution in [3.05, 3.63) is 47.4 Å². The van der Waals surface area contributed by atoms with Crippen LogP contribution in [0.2, 0.25) is 0 Å². The minimum Gasteiger partial charge on any atom is -0.379 e. The van der Waals surface area contributed by atoms with E-state index < -0.39 is 11.6 Å². The number of hydrogen-bond acceptors (Lipinski definition) is 5. The lowest BCUT2D eigenvalue weighted by Gasteiger charge is -2.27. The summed E-state index contributed by atoms with van der Waals surface area (Å²) < 4.78 is 38.3. The molecule has 2 aliphatic rings. The molecule has 32 heavy (non-hydrogen) atoms. The first-order chi connectivity index (χ1) is 15.4. The molecule has 0 aliphatic carbocycles. The van der Waals surface area contributed by atoms with Crippen molar-refractivity contribution in [1.29, 1.82) is 0 Å². The first-order valence-corrected chi connectivity index (χ1v) is 10.6. The molecule has 0 radical (unpaired) electrons. The van der Waals surface area contributed by atoms with Gasteiger partial charge in [-0.05, 0) is 24.1 Å². The Hall–Kier alpha value is -3.27. The molecule has 0 saturated carbocycles. The normalized spacial score (nSPS) is 18.1. The third kappa shape index (κ3) is 3.64. The molecule has 2 aromatic heterocycles. The number of ether oxygens (including phenoxy) is 1. The second-order valence-corrected chi connectivity index (χ2v) is 8.27. The predicted molar refractivity (Wildman–Crippen MR) is 113 cm³/mol. The molecule has 2 aliphatic heterocycles. The minimum absolute atomic E-state index is 0.0149. The number of halogens is 2. The van der Waals surface area contributed by atoms with E-state index in [1.54, 1.807) is 35.1 Å². The summed E-state index contributed by atoms with van der Waals surface area (Å²) in [5.41, 5.74) is 2.99. The topological polar surface area (TPSA) is 77.2 Å². The third-order valence-electron chi connectivity index (χ3n) is 6.10. The maximum absolute atomic E-state index is 14.8. The van der Waals surface area contributed by atoms with Crippen molar-refractivity contribution in [2.45, 2.75) is 32.4 Å². The Kier molecular flexibility index (Phi) is 5.16. The highest BCUT2D eigenvalue weighted by Gasteiger charge is 2.31. The minimum atomic E-state index is -0.982. The van der Waals surface area contributed by atoms with E-state index in [0.29, 0.717) is 49.7 Å². The molecule has 1 saturated heterocycles. The van der Waals surface area contributed by atoms with Gasteiger partial charge in [0.1, 0.15) is 0 Å². The molecular weight excluding hydrogens is 418 g/mol. The Morgan fingerprint density at radius 3 is 2.81 bits per heavy atom. The molecule has 1 atom stereocenters. The van der Waals surface area contributed by atoms with E-state index in [2.05, 4.69) is 10.4 Å². The van der Waals surface area contributed by atoms with Gasteiger partial charge in [0.05, 0.1) is 31.1 Å². The molecular formula is C22H24F2N6O2. The lowest BCUT2D eigenvalue weighted by atomic mass is 10.1. The predicted octanol–water partition coefficient (Wildman–Crippen LogP) is 3.17. The zero-order valence-corrected chi connectivity index (χ0v) is 17.9. The molecule has 1 N–H and O–H groups in total. The molecule has 4 heterocycles. The van der Waals surface area contributed by atoms with Gasteiger partial charge in [-0.1, -0.05) is 0 Å². The number of hydrogen-bond donors (Lipinski definition) is 1. The summed E-state index contributed by atoms with van der Waals surface area (Å²) in [5, 5.41) is 11.8. The summed E-state index contributed by atoms with van der Waals surface area (Å²) >= 11 is 0. The molecule has 3 aromatic rings. The van der Waals surface area contributed by atoms with Crippen LogP contribution in [0.4, 0.5) is 20.3 Å². The van der Waals surface area contributed by atoms with Gasteiger partial charge in [-0.2, -0.15) is 10.2 Å².